The van der Waals surface area contributed by atoms with Crippen LogP contribution in [0.2, 0.25) is 0 Å². The first kappa shape index (κ1) is 16.7. The molecule has 6 heteroatoms. The highest BCUT2D eigenvalue weighted by Crippen LogP contribution is 2.11. The number of ether oxygens (including phenoxy) is 1. The minimum absolute atomic E-state index is 0.146. The fourth-order valence-electron chi connectivity index (χ4n) is 1.98. The van der Waals surface area contributed by atoms with E-state index in [-0.39, 0.29) is 5.56 Å². The average Bonchev–Trinajstić information content (AvgIpc) is 2.45. The first-order valence-corrected chi connectivity index (χ1v) is 7.46. The van der Waals surface area contributed by atoms with Crippen LogP contribution in [-0.2, 0) is 4.74 Å². The summed E-state index contributed by atoms with van der Waals surface area (Å²) >= 11 is 0. The summed E-state index contributed by atoms with van der Waals surface area (Å²) in [6, 6.07) is 5.46. The van der Waals surface area contributed by atoms with Crippen molar-refractivity contribution in [2.24, 2.45) is 0 Å². The van der Waals surface area contributed by atoms with E-state index in [4.69, 9.17) is 4.74 Å². The number of aromatic amines is 1. The predicted molar refractivity (Wildman–Crippen MR) is 90.3 cm³/mol. The number of rotatable bonds is 4. The summed E-state index contributed by atoms with van der Waals surface area (Å²) in [7, 11) is 0. The molecule has 23 heavy (non-hydrogen) atoms. The van der Waals surface area contributed by atoms with Crippen molar-refractivity contribution in [2.75, 3.05) is 6.54 Å². The second kappa shape index (κ2) is 7.09. The van der Waals surface area contributed by atoms with Crippen molar-refractivity contribution in [2.45, 2.75) is 32.8 Å². The Morgan fingerprint density at radius 1 is 1.39 bits per heavy atom. The van der Waals surface area contributed by atoms with E-state index in [1.54, 1.807) is 6.07 Å². The first-order chi connectivity index (χ1) is 10.8. The predicted octanol–water partition coefficient (Wildman–Crippen LogP) is 2.85. The van der Waals surface area contributed by atoms with Gasteiger partial charge in [0.05, 0.1) is 17.2 Å². The smallest absolute Gasteiger partial charge is 0.407 e. The minimum atomic E-state index is -0.490. The number of amides is 1. The Labute approximate surface area is 134 Å². The molecule has 2 rings (SSSR count). The van der Waals surface area contributed by atoms with Gasteiger partial charge in [-0.1, -0.05) is 18.2 Å². The third-order valence-corrected chi connectivity index (χ3v) is 2.96. The Hall–Kier alpha value is -2.63. The Morgan fingerprint density at radius 3 is 2.91 bits per heavy atom. The van der Waals surface area contributed by atoms with Gasteiger partial charge in [0.25, 0.3) is 5.56 Å². The van der Waals surface area contributed by atoms with Crippen molar-refractivity contribution < 1.29 is 9.53 Å². The van der Waals surface area contributed by atoms with E-state index in [1.165, 1.54) is 6.33 Å². The lowest BCUT2D eigenvalue weighted by Crippen LogP contribution is -2.32. The summed E-state index contributed by atoms with van der Waals surface area (Å²) in [4.78, 5) is 29.7. The third-order valence-electron chi connectivity index (χ3n) is 2.96. The Kier molecular flexibility index (Phi) is 5.16. The van der Waals surface area contributed by atoms with E-state index >= 15 is 0 Å². The minimum Gasteiger partial charge on any atom is -0.444 e. The fourth-order valence-corrected chi connectivity index (χ4v) is 1.98. The van der Waals surface area contributed by atoms with Gasteiger partial charge in [0.1, 0.15) is 5.60 Å². The molecule has 2 N–H and O–H groups in total. The molecule has 0 aliphatic rings. The molecule has 1 aromatic carbocycles. The molecule has 0 saturated carbocycles. The molecule has 1 aromatic heterocycles. The van der Waals surface area contributed by atoms with Gasteiger partial charge in [-0.25, -0.2) is 9.78 Å². The Bertz CT molecular complexity index is 772. The van der Waals surface area contributed by atoms with Gasteiger partial charge in [-0.3, -0.25) is 4.79 Å². The monoisotopic (exact) mass is 315 g/mol. The number of fused-ring (bicyclic) bond motifs is 1. The van der Waals surface area contributed by atoms with Gasteiger partial charge in [-0.15, -0.1) is 0 Å². The SMILES string of the molecule is CC(C)(C)OC(=O)NCCC=Cc1ccc2c(=O)[nH]cnc2c1. The van der Waals surface area contributed by atoms with Crippen LogP contribution < -0.4 is 10.9 Å². The molecule has 0 aliphatic heterocycles. The zero-order valence-electron chi connectivity index (χ0n) is 13.6. The topological polar surface area (TPSA) is 84.1 Å². The summed E-state index contributed by atoms with van der Waals surface area (Å²) in [5.41, 5.74) is 0.971. The number of nitrogens with one attached hydrogen (secondary N) is 2. The van der Waals surface area contributed by atoms with Crippen molar-refractivity contribution in [1.82, 2.24) is 15.3 Å². The third kappa shape index (κ3) is 5.25. The number of nitrogens with zero attached hydrogens (tertiary/aromatic N) is 1. The maximum atomic E-state index is 11.6. The molecule has 2 aromatic rings. The van der Waals surface area contributed by atoms with Gasteiger partial charge in [0.2, 0.25) is 0 Å². The molecular formula is C17H21N3O3. The molecular weight excluding hydrogens is 294 g/mol. The van der Waals surface area contributed by atoms with Gasteiger partial charge >= 0.3 is 6.09 Å². The lowest BCUT2D eigenvalue weighted by atomic mass is 10.1. The van der Waals surface area contributed by atoms with Gasteiger partial charge in [0, 0.05) is 6.54 Å². The van der Waals surface area contributed by atoms with E-state index < -0.39 is 11.7 Å². The van der Waals surface area contributed by atoms with Crippen molar-refractivity contribution in [3.05, 3.63) is 46.5 Å². The highest BCUT2D eigenvalue weighted by molar-refractivity contribution is 5.79. The molecule has 0 atom stereocenters. The van der Waals surface area contributed by atoms with E-state index in [1.807, 2.05) is 45.1 Å². The Balaban J connectivity index is 1.87. The lowest BCUT2D eigenvalue weighted by molar-refractivity contribution is 0.0529. The summed E-state index contributed by atoms with van der Waals surface area (Å²) in [5.74, 6) is 0. The zero-order valence-corrected chi connectivity index (χ0v) is 13.6. The number of alkyl carbamates (subject to hydrolysis) is 1. The van der Waals surface area contributed by atoms with Crippen LogP contribution in [0.1, 0.15) is 32.8 Å². The van der Waals surface area contributed by atoms with Crippen LogP contribution in [0, 0.1) is 0 Å². The molecule has 0 saturated heterocycles. The van der Waals surface area contributed by atoms with Crippen LogP contribution in [0.15, 0.2) is 35.4 Å². The van der Waals surface area contributed by atoms with Crippen LogP contribution in [0.5, 0.6) is 0 Å². The number of benzene rings is 1. The molecule has 122 valence electrons. The van der Waals surface area contributed by atoms with Gasteiger partial charge in [-0.2, -0.15) is 0 Å². The van der Waals surface area contributed by atoms with E-state index in [2.05, 4.69) is 15.3 Å². The normalized spacial score (nSPS) is 11.8. The quantitative estimate of drug-likeness (QED) is 0.850. The molecule has 0 spiro atoms. The molecule has 0 radical (unpaired) electrons. The number of carbonyl (C=O) groups is 1. The van der Waals surface area contributed by atoms with Crippen LogP contribution >= 0.6 is 0 Å². The standard InChI is InChI=1S/C17H21N3O3/c1-17(2,3)23-16(22)18-9-5-4-6-12-7-8-13-14(10-12)19-11-20-15(13)21/h4,6-8,10-11H,5,9H2,1-3H3,(H,18,22)(H,19,20,21). The molecule has 0 aliphatic carbocycles. The number of aromatic nitrogens is 2. The van der Waals surface area contributed by atoms with E-state index in [0.29, 0.717) is 23.9 Å². The largest absolute Gasteiger partial charge is 0.444 e. The van der Waals surface area contributed by atoms with Gasteiger partial charge < -0.3 is 15.0 Å². The zero-order chi connectivity index (χ0) is 16.9. The van der Waals surface area contributed by atoms with Gasteiger partial charge in [-0.05, 0) is 44.9 Å². The number of carbonyl (C=O) groups excluding carboxylic acids is 1. The number of hydrogen-bond acceptors (Lipinski definition) is 4. The van der Waals surface area contributed by atoms with Crippen LogP contribution in [-0.4, -0.2) is 28.2 Å². The number of hydrogen-bond donors (Lipinski definition) is 2. The van der Waals surface area contributed by atoms with E-state index in [0.717, 1.165) is 5.56 Å². The molecule has 1 amide bonds. The van der Waals surface area contributed by atoms with Crippen LogP contribution in [0.3, 0.4) is 0 Å². The van der Waals surface area contributed by atoms with Crippen molar-refractivity contribution >= 4 is 23.1 Å². The summed E-state index contributed by atoms with van der Waals surface area (Å²) in [5, 5.41) is 3.26. The van der Waals surface area contributed by atoms with Crippen molar-refractivity contribution in [3.63, 3.8) is 0 Å². The second-order valence-electron chi connectivity index (χ2n) is 6.13. The second-order valence-corrected chi connectivity index (χ2v) is 6.13. The molecule has 1 heterocycles. The van der Waals surface area contributed by atoms with Crippen LogP contribution in [0.25, 0.3) is 17.0 Å². The maximum absolute atomic E-state index is 11.6. The number of H-pyrrole nitrogens is 1. The van der Waals surface area contributed by atoms with Crippen molar-refractivity contribution in [1.29, 1.82) is 0 Å². The van der Waals surface area contributed by atoms with E-state index in [9.17, 15) is 9.59 Å². The summed E-state index contributed by atoms with van der Waals surface area (Å²) in [6.45, 7) is 5.97. The fraction of sp³-hybridized carbons (Fsp3) is 0.353. The first-order valence-electron chi connectivity index (χ1n) is 7.46. The molecule has 0 fully saturated rings. The van der Waals surface area contributed by atoms with Crippen molar-refractivity contribution in [3.8, 4) is 0 Å². The molecule has 0 unspecified atom stereocenters. The molecule has 0 bridgehead atoms. The lowest BCUT2D eigenvalue weighted by Gasteiger charge is -2.19. The maximum Gasteiger partial charge on any atom is 0.407 e. The summed E-state index contributed by atoms with van der Waals surface area (Å²) < 4.78 is 5.15. The Morgan fingerprint density at radius 2 is 2.17 bits per heavy atom. The average molecular weight is 315 g/mol. The molecule has 6 nitrogen and oxygen atoms in total. The van der Waals surface area contributed by atoms with Crippen LogP contribution in [0.4, 0.5) is 4.79 Å². The summed E-state index contributed by atoms with van der Waals surface area (Å²) in [6.07, 6.45) is 5.54. The highest BCUT2D eigenvalue weighted by Gasteiger charge is 2.15. The highest BCUT2D eigenvalue weighted by atomic mass is 16.6. The van der Waals surface area contributed by atoms with Gasteiger partial charge in [0.15, 0.2) is 0 Å².